The van der Waals surface area contributed by atoms with Crippen LogP contribution in [0.25, 0.3) is 5.57 Å². The average molecular weight is 363 g/mol. The predicted molar refractivity (Wildman–Crippen MR) is 116 cm³/mol. The molecule has 0 heterocycles. The van der Waals surface area contributed by atoms with Crippen molar-refractivity contribution in [2.45, 2.75) is 71.3 Å². The Morgan fingerprint density at radius 3 is 2.37 bits per heavy atom. The minimum absolute atomic E-state index is 0.628. The molecule has 0 spiro atoms. The molecule has 0 fully saturated rings. The molecule has 1 aliphatic rings. The minimum atomic E-state index is 0.628. The van der Waals surface area contributed by atoms with Gasteiger partial charge in [0, 0.05) is 0 Å². The molecule has 0 aromatic heterocycles. The molecule has 2 aromatic carbocycles. The zero-order chi connectivity index (χ0) is 18.7. The third kappa shape index (κ3) is 6.57. The molecule has 144 valence electrons. The van der Waals surface area contributed by atoms with Crippen molar-refractivity contribution < 1.29 is 4.74 Å². The van der Waals surface area contributed by atoms with Gasteiger partial charge in [0.2, 0.25) is 0 Å². The highest BCUT2D eigenvalue weighted by Gasteiger charge is 2.15. The van der Waals surface area contributed by atoms with Gasteiger partial charge in [0.15, 0.2) is 0 Å². The van der Waals surface area contributed by atoms with Crippen LogP contribution in [0.15, 0.2) is 60.7 Å². The number of unbranched alkanes of at least 4 members (excludes halogenated alkanes) is 4. The van der Waals surface area contributed by atoms with Gasteiger partial charge in [0.05, 0.1) is 0 Å². The smallest absolute Gasteiger partial charge is 0.119 e. The summed E-state index contributed by atoms with van der Waals surface area (Å²) in [6.45, 7) is 2.91. The summed E-state index contributed by atoms with van der Waals surface area (Å²) in [5, 5.41) is 0. The SMILES string of the molecule is CCCCCCCC1CC=C(c2ccc(OCc3ccccc3)cc2)CC1. The average Bonchev–Trinajstić information content (AvgIpc) is 2.74. The van der Waals surface area contributed by atoms with E-state index in [2.05, 4.69) is 61.5 Å². The summed E-state index contributed by atoms with van der Waals surface area (Å²) >= 11 is 0. The van der Waals surface area contributed by atoms with Gasteiger partial charge in [-0.25, -0.2) is 0 Å². The molecule has 1 aliphatic carbocycles. The topological polar surface area (TPSA) is 9.23 Å². The molecular formula is C26H34O. The molecule has 2 aromatic rings. The van der Waals surface area contributed by atoms with Crippen LogP contribution < -0.4 is 4.74 Å². The van der Waals surface area contributed by atoms with E-state index < -0.39 is 0 Å². The monoisotopic (exact) mass is 362 g/mol. The number of hydrogen-bond acceptors (Lipinski definition) is 1. The maximum atomic E-state index is 5.90. The third-order valence-corrected chi connectivity index (χ3v) is 5.71. The Morgan fingerprint density at radius 1 is 0.889 bits per heavy atom. The quantitative estimate of drug-likeness (QED) is 0.392. The molecule has 0 aliphatic heterocycles. The summed E-state index contributed by atoms with van der Waals surface area (Å²) in [7, 11) is 0. The van der Waals surface area contributed by atoms with Crippen molar-refractivity contribution in [1.82, 2.24) is 0 Å². The highest BCUT2D eigenvalue weighted by molar-refractivity contribution is 5.66. The molecule has 1 atom stereocenters. The standard InChI is InChI=1S/C26H34O/c1-2-3-4-5-7-10-22-13-15-24(16-14-22)25-17-19-26(20-18-25)27-21-23-11-8-6-9-12-23/h6,8-9,11-12,15,17-20,22H,2-5,7,10,13-14,16,21H2,1H3. The molecule has 0 saturated carbocycles. The van der Waals surface area contributed by atoms with E-state index in [1.807, 2.05) is 6.07 Å². The molecule has 0 saturated heterocycles. The summed E-state index contributed by atoms with van der Waals surface area (Å²) in [4.78, 5) is 0. The van der Waals surface area contributed by atoms with Crippen molar-refractivity contribution in [3.05, 3.63) is 71.8 Å². The van der Waals surface area contributed by atoms with Crippen LogP contribution >= 0.6 is 0 Å². The Balaban J connectivity index is 1.43. The molecule has 0 N–H and O–H groups in total. The summed E-state index contributed by atoms with van der Waals surface area (Å²) < 4.78 is 5.90. The maximum Gasteiger partial charge on any atom is 0.119 e. The lowest BCUT2D eigenvalue weighted by Crippen LogP contribution is -2.05. The molecule has 0 radical (unpaired) electrons. The first kappa shape index (κ1) is 19.7. The van der Waals surface area contributed by atoms with Crippen LogP contribution in [0.5, 0.6) is 5.75 Å². The largest absolute Gasteiger partial charge is 0.489 e. The number of hydrogen-bond donors (Lipinski definition) is 0. The summed E-state index contributed by atoms with van der Waals surface area (Å²) in [6.07, 6.45) is 14.7. The lowest BCUT2D eigenvalue weighted by Gasteiger charge is -2.22. The van der Waals surface area contributed by atoms with Crippen LogP contribution in [-0.4, -0.2) is 0 Å². The van der Waals surface area contributed by atoms with Crippen molar-refractivity contribution in [2.24, 2.45) is 5.92 Å². The van der Waals surface area contributed by atoms with Crippen molar-refractivity contribution in [1.29, 1.82) is 0 Å². The van der Waals surface area contributed by atoms with E-state index in [0.29, 0.717) is 6.61 Å². The van der Waals surface area contributed by atoms with Gasteiger partial charge < -0.3 is 4.74 Å². The molecule has 27 heavy (non-hydrogen) atoms. The van der Waals surface area contributed by atoms with E-state index in [9.17, 15) is 0 Å². The van der Waals surface area contributed by atoms with E-state index in [1.54, 1.807) is 0 Å². The van der Waals surface area contributed by atoms with E-state index in [-0.39, 0.29) is 0 Å². The Morgan fingerprint density at radius 2 is 1.67 bits per heavy atom. The van der Waals surface area contributed by atoms with E-state index in [4.69, 9.17) is 4.74 Å². The molecule has 1 unspecified atom stereocenters. The Hall–Kier alpha value is -2.02. The minimum Gasteiger partial charge on any atom is -0.489 e. The van der Waals surface area contributed by atoms with E-state index in [1.165, 1.54) is 74.5 Å². The highest BCUT2D eigenvalue weighted by atomic mass is 16.5. The van der Waals surface area contributed by atoms with Gasteiger partial charge in [0.1, 0.15) is 12.4 Å². The zero-order valence-corrected chi connectivity index (χ0v) is 16.8. The van der Waals surface area contributed by atoms with Crippen LogP contribution in [0.4, 0.5) is 0 Å². The van der Waals surface area contributed by atoms with Crippen LogP contribution in [-0.2, 0) is 6.61 Å². The van der Waals surface area contributed by atoms with Gasteiger partial charge in [-0.15, -0.1) is 0 Å². The van der Waals surface area contributed by atoms with Crippen molar-refractivity contribution in [2.75, 3.05) is 0 Å². The normalized spacial score (nSPS) is 16.8. The molecule has 1 heteroatoms. The van der Waals surface area contributed by atoms with E-state index >= 15 is 0 Å². The molecule has 1 nitrogen and oxygen atoms in total. The van der Waals surface area contributed by atoms with Gasteiger partial charge in [-0.3, -0.25) is 0 Å². The number of rotatable bonds is 10. The van der Waals surface area contributed by atoms with Crippen LogP contribution in [0.1, 0.15) is 75.8 Å². The van der Waals surface area contributed by atoms with Crippen molar-refractivity contribution in [3.8, 4) is 5.75 Å². The Labute approximate surface area is 165 Å². The van der Waals surface area contributed by atoms with Crippen LogP contribution in [0.3, 0.4) is 0 Å². The fourth-order valence-corrected chi connectivity index (χ4v) is 3.96. The number of benzene rings is 2. The Bertz CT molecular complexity index is 684. The van der Waals surface area contributed by atoms with Gasteiger partial charge in [-0.05, 0) is 54.0 Å². The van der Waals surface area contributed by atoms with Gasteiger partial charge in [0.25, 0.3) is 0 Å². The summed E-state index contributed by atoms with van der Waals surface area (Å²) in [6, 6.07) is 19.0. The fourth-order valence-electron chi connectivity index (χ4n) is 3.96. The lowest BCUT2D eigenvalue weighted by molar-refractivity contribution is 0.306. The molecular weight excluding hydrogens is 328 g/mol. The first-order valence-corrected chi connectivity index (χ1v) is 10.8. The highest BCUT2D eigenvalue weighted by Crippen LogP contribution is 2.33. The zero-order valence-electron chi connectivity index (χ0n) is 16.8. The van der Waals surface area contributed by atoms with Gasteiger partial charge in [-0.1, -0.05) is 94.0 Å². The van der Waals surface area contributed by atoms with E-state index in [0.717, 1.165) is 11.7 Å². The molecule has 0 amide bonds. The second-order valence-electron chi connectivity index (χ2n) is 7.87. The van der Waals surface area contributed by atoms with Gasteiger partial charge in [-0.2, -0.15) is 0 Å². The molecule has 0 bridgehead atoms. The van der Waals surface area contributed by atoms with Crippen LogP contribution in [0, 0.1) is 5.92 Å². The third-order valence-electron chi connectivity index (χ3n) is 5.71. The number of allylic oxidation sites excluding steroid dienone is 2. The van der Waals surface area contributed by atoms with Gasteiger partial charge >= 0.3 is 0 Å². The summed E-state index contributed by atoms with van der Waals surface area (Å²) in [5.41, 5.74) is 4.09. The first-order chi connectivity index (χ1) is 13.3. The van der Waals surface area contributed by atoms with Crippen molar-refractivity contribution >= 4 is 5.57 Å². The van der Waals surface area contributed by atoms with Crippen molar-refractivity contribution in [3.63, 3.8) is 0 Å². The fraction of sp³-hybridized carbons (Fsp3) is 0.462. The first-order valence-electron chi connectivity index (χ1n) is 10.8. The maximum absolute atomic E-state index is 5.90. The second-order valence-corrected chi connectivity index (χ2v) is 7.87. The lowest BCUT2D eigenvalue weighted by atomic mass is 9.84. The van der Waals surface area contributed by atoms with Crippen LogP contribution in [0.2, 0.25) is 0 Å². The predicted octanol–water partition coefficient (Wildman–Crippen LogP) is 7.81. The molecule has 3 rings (SSSR count). The Kier molecular flexibility index (Phi) is 8.02. The second kappa shape index (κ2) is 11.0. The summed E-state index contributed by atoms with van der Waals surface area (Å²) in [5.74, 6) is 1.85. The number of ether oxygens (including phenoxy) is 1.